The van der Waals surface area contributed by atoms with Crippen molar-refractivity contribution in [1.82, 2.24) is 0 Å². The Morgan fingerprint density at radius 3 is 3.12 bits per heavy atom. The number of benzene rings is 1. The SMILES string of the molecule is Cc1ccc(S)cc1C(=O)OCC1CCOC1. The van der Waals surface area contributed by atoms with E-state index in [2.05, 4.69) is 12.6 Å². The van der Waals surface area contributed by atoms with E-state index in [4.69, 9.17) is 9.47 Å². The molecule has 1 atom stereocenters. The molecule has 0 radical (unpaired) electrons. The highest BCUT2D eigenvalue weighted by atomic mass is 32.1. The number of carbonyl (C=O) groups excluding carboxylic acids is 1. The van der Waals surface area contributed by atoms with Crippen molar-refractivity contribution < 1.29 is 14.3 Å². The topological polar surface area (TPSA) is 35.5 Å². The van der Waals surface area contributed by atoms with Crippen molar-refractivity contribution in [3.05, 3.63) is 29.3 Å². The van der Waals surface area contributed by atoms with Crippen LogP contribution in [0.15, 0.2) is 23.1 Å². The number of rotatable bonds is 3. The minimum atomic E-state index is -0.273. The Labute approximate surface area is 107 Å². The number of ether oxygens (including phenoxy) is 2. The molecule has 17 heavy (non-hydrogen) atoms. The molecule has 0 saturated carbocycles. The van der Waals surface area contributed by atoms with Gasteiger partial charge in [-0.1, -0.05) is 6.07 Å². The van der Waals surface area contributed by atoms with Gasteiger partial charge in [-0.2, -0.15) is 0 Å². The molecule has 0 N–H and O–H groups in total. The van der Waals surface area contributed by atoms with Crippen molar-refractivity contribution in [2.24, 2.45) is 5.92 Å². The first-order valence-electron chi connectivity index (χ1n) is 5.71. The molecule has 4 heteroatoms. The molecule has 1 fully saturated rings. The Balaban J connectivity index is 1.96. The normalized spacial score (nSPS) is 19.3. The highest BCUT2D eigenvalue weighted by Crippen LogP contribution is 2.17. The van der Waals surface area contributed by atoms with Crippen molar-refractivity contribution in [3.63, 3.8) is 0 Å². The van der Waals surface area contributed by atoms with Gasteiger partial charge in [0.1, 0.15) is 0 Å². The lowest BCUT2D eigenvalue weighted by Gasteiger charge is -2.10. The summed E-state index contributed by atoms with van der Waals surface area (Å²) in [5, 5.41) is 0. The van der Waals surface area contributed by atoms with Gasteiger partial charge in [-0.15, -0.1) is 12.6 Å². The minimum absolute atomic E-state index is 0.273. The molecule has 0 spiro atoms. The van der Waals surface area contributed by atoms with Crippen LogP contribution in [0.25, 0.3) is 0 Å². The zero-order valence-corrected chi connectivity index (χ0v) is 10.7. The molecule has 1 aliphatic rings. The zero-order valence-electron chi connectivity index (χ0n) is 9.81. The Hall–Kier alpha value is -1.00. The van der Waals surface area contributed by atoms with Gasteiger partial charge in [-0.05, 0) is 31.0 Å². The maximum atomic E-state index is 11.9. The Bertz CT molecular complexity index is 411. The average Bonchev–Trinajstić information content (AvgIpc) is 2.82. The maximum absolute atomic E-state index is 11.9. The van der Waals surface area contributed by atoms with Gasteiger partial charge in [0.2, 0.25) is 0 Å². The van der Waals surface area contributed by atoms with Crippen LogP contribution in [0.4, 0.5) is 0 Å². The first-order chi connectivity index (χ1) is 8.16. The smallest absolute Gasteiger partial charge is 0.338 e. The van der Waals surface area contributed by atoms with E-state index < -0.39 is 0 Å². The maximum Gasteiger partial charge on any atom is 0.338 e. The van der Waals surface area contributed by atoms with E-state index in [1.54, 1.807) is 6.07 Å². The Morgan fingerprint density at radius 2 is 2.41 bits per heavy atom. The molecule has 0 amide bonds. The van der Waals surface area contributed by atoms with Gasteiger partial charge >= 0.3 is 5.97 Å². The van der Waals surface area contributed by atoms with Gasteiger partial charge < -0.3 is 9.47 Å². The van der Waals surface area contributed by atoms with Crippen LogP contribution in [0.1, 0.15) is 22.3 Å². The number of thiol groups is 1. The minimum Gasteiger partial charge on any atom is -0.462 e. The van der Waals surface area contributed by atoms with Crippen molar-refractivity contribution >= 4 is 18.6 Å². The molecule has 1 aromatic carbocycles. The monoisotopic (exact) mass is 252 g/mol. The van der Waals surface area contributed by atoms with Crippen LogP contribution in [0.5, 0.6) is 0 Å². The van der Waals surface area contributed by atoms with Gasteiger partial charge in [-0.3, -0.25) is 0 Å². The van der Waals surface area contributed by atoms with Crippen LogP contribution in [-0.4, -0.2) is 25.8 Å². The van der Waals surface area contributed by atoms with Gasteiger partial charge in [-0.25, -0.2) is 4.79 Å². The van der Waals surface area contributed by atoms with Crippen molar-refractivity contribution in [2.45, 2.75) is 18.2 Å². The fourth-order valence-corrected chi connectivity index (χ4v) is 2.02. The summed E-state index contributed by atoms with van der Waals surface area (Å²) >= 11 is 4.22. The van der Waals surface area contributed by atoms with Crippen molar-refractivity contribution in [3.8, 4) is 0 Å². The highest BCUT2D eigenvalue weighted by Gasteiger charge is 2.18. The predicted octanol–water partition coefficient (Wildman–Crippen LogP) is 2.48. The van der Waals surface area contributed by atoms with Crippen LogP contribution < -0.4 is 0 Å². The number of hydrogen-bond acceptors (Lipinski definition) is 4. The van der Waals surface area contributed by atoms with Gasteiger partial charge in [0.15, 0.2) is 0 Å². The predicted molar refractivity (Wildman–Crippen MR) is 67.6 cm³/mol. The van der Waals surface area contributed by atoms with Gasteiger partial charge in [0.05, 0.1) is 18.8 Å². The molecule has 0 bridgehead atoms. The summed E-state index contributed by atoms with van der Waals surface area (Å²) in [5.74, 6) is 0.0729. The fraction of sp³-hybridized carbons (Fsp3) is 0.462. The van der Waals surface area contributed by atoms with Crippen LogP contribution in [-0.2, 0) is 9.47 Å². The van der Waals surface area contributed by atoms with E-state index in [0.29, 0.717) is 24.7 Å². The van der Waals surface area contributed by atoms with E-state index in [1.165, 1.54) is 0 Å². The van der Waals surface area contributed by atoms with Crippen molar-refractivity contribution in [2.75, 3.05) is 19.8 Å². The summed E-state index contributed by atoms with van der Waals surface area (Å²) < 4.78 is 10.5. The van der Waals surface area contributed by atoms with Crippen molar-refractivity contribution in [1.29, 1.82) is 0 Å². The Morgan fingerprint density at radius 1 is 1.59 bits per heavy atom. The van der Waals surface area contributed by atoms with Crippen LogP contribution in [0.3, 0.4) is 0 Å². The first kappa shape index (κ1) is 12.5. The third-order valence-corrected chi connectivity index (χ3v) is 3.19. The summed E-state index contributed by atoms with van der Waals surface area (Å²) in [6.07, 6.45) is 0.971. The summed E-state index contributed by atoms with van der Waals surface area (Å²) in [6, 6.07) is 5.48. The Kier molecular flexibility index (Phi) is 4.07. The van der Waals surface area contributed by atoms with Crippen LogP contribution in [0, 0.1) is 12.8 Å². The second kappa shape index (κ2) is 5.56. The largest absolute Gasteiger partial charge is 0.462 e. The van der Waals surface area contributed by atoms with E-state index in [0.717, 1.165) is 23.5 Å². The molecule has 1 aliphatic heterocycles. The molecule has 2 rings (SSSR count). The van der Waals surface area contributed by atoms with Crippen LogP contribution in [0.2, 0.25) is 0 Å². The second-order valence-electron chi connectivity index (χ2n) is 4.33. The highest BCUT2D eigenvalue weighted by molar-refractivity contribution is 7.80. The third kappa shape index (κ3) is 3.23. The quantitative estimate of drug-likeness (QED) is 0.663. The number of hydrogen-bond donors (Lipinski definition) is 1. The lowest BCUT2D eigenvalue weighted by atomic mass is 10.1. The lowest BCUT2D eigenvalue weighted by molar-refractivity contribution is 0.0427. The van der Waals surface area contributed by atoms with Crippen LogP contribution >= 0.6 is 12.6 Å². The molecule has 1 unspecified atom stereocenters. The standard InChI is InChI=1S/C13H16O3S/c1-9-2-3-11(17)6-12(9)13(14)16-8-10-4-5-15-7-10/h2-3,6,10,17H,4-5,7-8H2,1H3. The molecule has 1 saturated heterocycles. The lowest BCUT2D eigenvalue weighted by Crippen LogP contribution is -2.15. The third-order valence-electron chi connectivity index (χ3n) is 2.92. The van der Waals surface area contributed by atoms with E-state index in [1.807, 2.05) is 19.1 Å². The van der Waals surface area contributed by atoms with E-state index in [-0.39, 0.29) is 5.97 Å². The van der Waals surface area contributed by atoms with E-state index in [9.17, 15) is 4.79 Å². The molecule has 0 aromatic heterocycles. The zero-order chi connectivity index (χ0) is 12.3. The van der Waals surface area contributed by atoms with Gasteiger partial charge in [0, 0.05) is 17.4 Å². The number of esters is 1. The second-order valence-corrected chi connectivity index (χ2v) is 4.84. The first-order valence-corrected chi connectivity index (χ1v) is 6.16. The van der Waals surface area contributed by atoms with Gasteiger partial charge in [0.25, 0.3) is 0 Å². The number of carbonyl (C=O) groups is 1. The fourth-order valence-electron chi connectivity index (χ4n) is 1.82. The molecule has 92 valence electrons. The molecule has 1 heterocycles. The summed E-state index contributed by atoms with van der Waals surface area (Å²) in [6.45, 7) is 3.80. The summed E-state index contributed by atoms with van der Waals surface area (Å²) in [4.78, 5) is 12.6. The molecule has 0 aliphatic carbocycles. The molecular weight excluding hydrogens is 236 g/mol. The molecule has 3 nitrogen and oxygen atoms in total. The molecule has 1 aromatic rings. The summed E-state index contributed by atoms with van der Waals surface area (Å²) in [7, 11) is 0. The average molecular weight is 252 g/mol. The van der Waals surface area contributed by atoms with E-state index >= 15 is 0 Å². The molecular formula is C13H16O3S. The summed E-state index contributed by atoms with van der Waals surface area (Å²) in [5.41, 5.74) is 1.51. The number of aryl methyl sites for hydroxylation is 1.